The predicted molar refractivity (Wildman–Crippen MR) is 79.9 cm³/mol. The van der Waals surface area contributed by atoms with E-state index >= 15 is 0 Å². The van der Waals surface area contributed by atoms with E-state index in [4.69, 9.17) is 0 Å². The summed E-state index contributed by atoms with van der Waals surface area (Å²) in [5.41, 5.74) is 0.595. The third kappa shape index (κ3) is 2.72. The van der Waals surface area contributed by atoms with Gasteiger partial charge < -0.3 is 5.11 Å². The van der Waals surface area contributed by atoms with E-state index in [9.17, 15) is 9.90 Å². The first-order chi connectivity index (χ1) is 10.2. The Kier molecular flexibility index (Phi) is 3.80. The number of hydrogen-bond donors (Lipinski definition) is 1. The van der Waals surface area contributed by atoms with Gasteiger partial charge >= 0.3 is 5.97 Å². The first-order valence-corrected chi connectivity index (χ1v) is 7.77. The normalized spacial score (nSPS) is 10.9. The van der Waals surface area contributed by atoms with E-state index in [1.807, 2.05) is 25.1 Å². The molecular formula is C13H10N4O2S2. The molecule has 106 valence electrons. The summed E-state index contributed by atoms with van der Waals surface area (Å²) in [5.74, 6) is -0.346. The Morgan fingerprint density at radius 1 is 1.33 bits per heavy atom. The van der Waals surface area contributed by atoms with Gasteiger partial charge in [0.2, 0.25) is 0 Å². The Bertz CT molecular complexity index is 819. The van der Waals surface area contributed by atoms with Gasteiger partial charge in [-0.2, -0.15) is 4.37 Å². The average Bonchev–Trinajstić information content (AvgIpc) is 2.95. The Balaban J connectivity index is 2.13. The van der Waals surface area contributed by atoms with Crippen molar-refractivity contribution in [3.63, 3.8) is 0 Å². The average molecular weight is 318 g/mol. The van der Waals surface area contributed by atoms with Crippen molar-refractivity contribution in [2.45, 2.75) is 22.6 Å². The predicted octanol–water partition coefficient (Wildman–Crippen LogP) is 2.89. The number of nitrogens with zero attached hydrogens (tertiary/aromatic N) is 4. The van der Waals surface area contributed by atoms with Gasteiger partial charge in [-0.25, -0.2) is 9.78 Å². The molecular weight excluding hydrogens is 308 g/mol. The monoisotopic (exact) mass is 318 g/mol. The molecule has 3 rings (SSSR count). The summed E-state index contributed by atoms with van der Waals surface area (Å²) < 4.78 is 4.91. The Hall–Kier alpha value is -2.06. The zero-order valence-electron chi connectivity index (χ0n) is 11.0. The zero-order chi connectivity index (χ0) is 14.8. The van der Waals surface area contributed by atoms with Crippen LogP contribution in [0, 0.1) is 0 Å². The highest BCUT2D eigenvalue weighted by atomic mass is 32.2. The Morgan fingerprint density at radius 3 is 2.86 bits per heavy atom. The molecule has 0 unspecified atom stereocenters. The van der Waals surface area contributed by atoms with Crippen LogP contribution in [0.5, 0.6) is 0 Å². The van der Waals surface area contributed by atoms with Crippen molar-refractivity contribution >= 4 is 40.2 Å². The molecule has 0 amide bonds. The van der Waals surface area contributed by atoms with Gasteiger partial charge in [0.05, 0.1) is 10.4 Å². The molecule has 0 fully saturated rings. The molecule has 2 heterocycles. The molecule has 0 radical (unpaired) electrons. The van der Waals surface area contributed by atoms with E-state index in [1.54, 1.807) is 6.07 Å². The van der Waals surface area contributed by atoms with E-state index in [1.165, 1.54) is 23.3 Å². The zero-order valence-corrected chi connectivity index (χ0v) is 12.6. The number of hydrogen-bond acceptors (Lipinski definition) is 7. The van der Waals surface area contributed by atoms with Gasteiger partial charge in [0.25, 0.3) is 0 Å². The van der Waals surface area contributed by atoms with Gasteiger partial charge in [0.15, 0.2) is 10.0 Å². The molecule has 1 N–H and O–H groups in total. The first kappa shape index (κ1) is 13.9. The second-order valence-corrected chi connectivity index (χ2v) is 6.14. The number of carbonyl (C=O) groups is 1. The minimum Gasteiger partial charge on any atom is -0.476 e. The number of carboxylic acid groups (broad SMARTS) is 1. The number of fused-ring (bicyclic) bond motifs is 1. The van der Waals surface area contributed by atoms with Gasteiger partial charge in [0, 0.05) is 11.8 Å². The molecule has 0 aliphatic carbocycles. The van der Waals surface area contributed by atoms with Crippen molar-refractivity contribution in [2.75, 3.05) is 0 Å². The SMILES string of the molecule is CCc1nsc(Sc2c(C(=O)O)nnc3ccccc23)n1. The smallest absolute Gasteiger partial charge is 0.357 e. The third-order valence-corrected chi connectivity index (χ3v) is 4.69. The molecule has 0 bridgehead atoms. The molecule has 2 aromatic heterocycles. The maximum absolute atomic E-state index is 11.4. The third-order valence-electron chi connectivity index (χ3n) is 2.78. The molecule has 21 heavy (non-hydrogen) atoms. The quantitative estimate of drug-likeness (QED) is 0.791. The van der Waals surface area contributed by atoms with Crippen LogP contribution in [-0.4, -0.2) is 30.6 Å². The molecule has 6 nitrogen and oxygen atoms in total. The topological polar surface area (TPSA) is 88.9 Å². The number of aromatic carboxylic acids is 1. The van der Waals surface area contributed by atoms with Gasteiger partial charge in [-0.15, -0.1) is 10.2 Å². The molecule has 0 saturated heterocycles. The fraction of sp³-hybridized carbons (Fsp3) is 0.154. The van der Waals surface area contributed by atoms with E-state index < -0.39 is 5.97 Å². The summed E-state index contributed by atoms with van der Waals surface area (Å²) in [6.45, 7) is 1.97. The number of carboxylic acids is 1. The van der Waals surface area contributed by atoms with Crippen LogP contribution in [0.1, 0.15) is 23.2 Å². The van der Waals surface area contributed by atoms with Crippen molar-refractivity contribution in [2.24, 2.45) is 0 Å². The van der Waals surface area contributed by atoms with Crippen LogP contribution in [0.3, 0.4) is 0 Å². The van der Waals surface area contributed by atoms with Crippen molar-refractivity contribution in [1.29, 1.82) is 0 Å². The Morgan fingerprint density at radius 2 is 2.14 bits per heavy atom. The van der Waals surface area contributed by atoms with Gasteiger partial charge in [-0.3, -0.25) is 0 Å². The second kappa shape index (κ2) is 5.74. The van der Waals surface area contributed by atoms with Crippen molar-refractivity contribution in [1.82, 2.24) is 19.6 Å². The van der Waals surface area contributed by atoms with Crippen LogP contribution in [-0.2, 0) is 6.42 Å². The summed E-state index contributed by atoms with van der Waals surface area (Å²) in [4.78, 5) is 16.3. The minimum absolute atomic E-state index is 0.0630. The van der Waals surface area contributed by atoms with E-state index in [2.05, 4.69) is 19.6 Å². The van der Waals surface area contributed by atoms with E-state index in [0.717, 1.165) is 17.6 Å². The fourth-order valence-electron chi connectivity index (χ4n) is 1.78. The lowest BCUT2D eigenvalue weighted by Crippen LogP contribution is -2.05. The fourth-order valence-corrected chi connectivity index (χ4v) is 3.63. The van der Waals surface area contributed by atoms with Gasteiger partial charge in [-0.05, 0) is 17.6 Å². The van der Waals surface area contributed by atoms with Crippen LogP contribution < -0.4 is 0 Å². The molecule has 0 aliphatic heterocycles. The van der Waals surface area contributed by atoms with Gasteiger partial charge in [0.1, 0.15) is 5.82 Å². The summed E-state index contributed by atoms with van der Waals surface area (Å²) >= 11 is 2.53. The Labute approximate surface area is 128 Å². The van der Waals surface area contributed by atoms with Crippen LogP contribution in [0.2, 0.25) is 0 Å². The minimum atomic E-state index is -1.10. The molecule has 0 aliphatic rings. The van der Waals surface area contributed by atoms with E-state index in [-0.39, 0.29) is 5.69 Å². The number of rotatable bonds is 4. The molecule has 0 atom stereocenters. The van der Waals surface area contributed by atoms with Crippen molar-refractivity contribution < 1.29 is 9.90 Å². The highest BCUT2D eigenvalue weighted by molar-refractivity contribution is 8.01. The maximum Gasteiger partial charge on any atom is 0.357 e. The summed E-state index contributed by atoms with van der Waals surface area (Å²) in [7, 11) is 0. The van der Waals surface area contributed by atoms with Gasteiger partial charge in [-0.1, -0.05) is 36.9 Å². The second-order valence-electron chi connectivity index (χ2n) is 4.13. The van der Waals surface area contributed by atoms with Crippen LogP contribution in [0.25, 0.3) is 10.9 Å². The van der Waals surface area contributed by atoms with Crippen molar-refractivity contribution in [3.05, 3.63) is 35.8 Å². The molecule has 0 spiro atoms. The number of benzene rings is 1. The lowest BCUT2D eigenvalue weighted by Gasteiger charge is -2.06. The largest absolute Gasteiger partial charge is 0.476 e. The standard InChI is InChI=1S/C13H10N4O2S2/c1-2-9-14-13(21-17-9)20-11-7-5-3-4-6-8(7)15-16-10(11)12(18)19/h3-6H,2H2,1H3,(H,18,19). The first-order valence-electron chi connectivity index (χ1n) is 6.18. The summed E-state index contributed by atoms with van der Waals surface area (Å²) in [6, 6.07) is 7.32. The highest BCUT2D eigenvalue weighted by Crippen LogP contribution is 2.35. The molecule has 8 heteroatoms. The van der Waals surface area contributed by atoms with Crippen LogP contribution in [0.15, 0.2) is 33.5 Å². The van der Waals surface area contributed by atoms with Crippen molar-refractivity contribution in [3.8, 4) is 0 Å². The molecule has 0 saturated carbocycles. The highest BCUT2D eigenvalue weighted by Gasteiger charge is 2.19. The molecule has 1 aromatic carbocycles. The van der Waals surface area contributed by atoms with Crippen LogP contribution in [0.4, 0.5) is 0 Å². The maximum atomic E-state index is 11.4. The number of aromatic nitrogens is 4. The summed E-state index contributed by atoms with van der Waals surface area (Å²) in [5, 5.41) is 17.8. The van der Waals surface area contributed by atoms with Crippen LogP contribution >= 0.6 is 23.3 Å². The lowest BCUT2D eigenvalue weighted by atomic mass is 10.2. The number of aryl methyl sites for hydroxylation is 1. The molecule has 3 aromatic rings. The van der Waals surface area contributed by atoms with E-state index in [0.29, 0.717) is 14.8 Å². The lowest BCUT2D eigenvalue weighted by molar-refractivity contribution is 0.0685. The summed E-state index contributed by atoms with van der Waals surface area (Å²) in [6.07, 6.45) is 0.748.